The molecule has 0 amide bonds. The summed E-state index contributed by atoms with van der Waals surface area (Å²) < 4.78 is 3.68. The van der Waals surface area contributed by atoms with Crippen molar-refractivity contribution < 1.29 is 25.0 Å². The summed E-state index contributed by atoms with van der Waals surface area (Å²) in [5.74, 6) is 0. The van der Waals surface area contributed by atoms with Gasteiger partial charge in [-0.2, -0.15) is 0 Å². The van der Waals surface area contributed by atoms with Gasteiger partial charge in [0.1, 0.15) is 0 Å². The molecule has 1 N–H and O–H groups in total. The molecule has 1 aromatic carbocycles. The van der Waals surface area contributed by atoms with Crippen LogP contribution in [0.15, 0.2) is 29.1 Å². The van der Waals surface area contributed by atoms with Gasteiger partial charge in [0.05, 0.1) is 10.1 Å². The summed E-state index contributed by atoms with van der Waals surface area (Å²) in [7, 11) is 0. The van der Waals surface area contributed by atoms with Crippen molar-refractivity contribution in [1.29, 1.82) is 0 Å². The zero-order valence-corrected chi connectivity index (χ0v) is 10.0. The molecule has 0 radical (unpaired) electrons. The molecule has 0 bridgehead atoms. The summed E-state index contributed by atoms with van der Waals surface area (Å²) in [4.78, 5) is 10.9. The van der Waals surface area contributed by atoms with E-state index in [1.54, 1.807) is 0 Å². The van der Waals surface area contributed by atoms with Crippen LogP contribution in [-0.2, 0) is 25.0 Å². The number of hydrogen-bond acceptors (Lipinski definition) is 2. The summed E-state index contributed by atoms with van der Waals surface area (Å²) in [5, 5.41) is 0.785. The molecule has 1 heterocycles. The molecule has 5 heteroatoms. The van der Waals surface area contributed by atoms with Gasteiger partial charge in [-0.1, -0.05) is 23.7 Å². The standard InChI is InChI=1S/C7H5NOS.O.Zn/c9-7-5-3-1-2-4-6(5)10-8-7;;/h1-4H,(H,8,9);;/q;-2;+2. The molecule has 0 saturated heterocycles. The molecule has 0 saturated carbocycles. The predicted octanol–water partition coefficient (Wildman–Crippen LogP) is 1.47. The predicted molar refractivity (Wildman–Crippen MR) is 43.1 cm³/mol. The third kappa shape index (κ3) is 1.80. The van der Waals surface area contributed by atoms with E-state index in [4.69, 9.17) is 0 Å². The van der Waals surface area contributed by atoms with Crippen LogP contribution in [0.5, 0.6) is 0 Å². The normalized spacial score (nSPS) is 8.67. The fourth-order valence-electron chi connectivity index (χ4n) is 0.900. The van der Waals surface area contributed by atoms with Crippen LogP contribution in [0.4, 0.5) is 0 Å². The van der Waals surface area contributed by atoms with Crippen LogP contribution in [-0.4, -0.2) is 4.37 Å². The van der Waals surface area contributed by atoms with E-state index in [9.17, 15) is 4.79 Å². The Kier molecular flexibility index (Phi) is 4.31. The Morgan fingerprint density at radius 3 is 2.58 bits per heavy atom. The van der Waals surface area contributed by atoms with Crippen LogP contribution in [0, 0.1) is 0 Å². The number of H-pyrrole nitrogens is 1. The third-order valence-corrected chi connectivity index (χ3v) is 2.25. The van der Waals surface area contributed by atoms with Crippen LogP contribution in [0.2, 0.25) is 0 Å². The van der Waals surface area contributed by atoms with Crippen molar-refractivity contribution in [2.75, 3.05) is 0 Å². The number of aromatic nitrogens is 1. The summed E-state index contributed by atoms with van der Waals surface area (Å²) in [5.41, 5.74) is 0.0144. The number of aromatic amines is 1. The third-order valence-electron chi connectivity index (χ3n) is 1.39. The van der Waals surface area contributed by atoms with Crippen LogP contribution >= 0.6 is 11.5 Å². The summed E-state index contributed by atoms with van der Waals surface area (Å²) >= 11 is 1.38. The first kappa shape index (κ1) is 11.5. The van der Waals surface area contributed by atoms with Crippen LogP contribution in [0.25, 0.3) is 10.1 Å². The Balaban J connectivity index is 0.000000605. The summed E-state index contributed by atoms with van der Waals surface area (Å²) in [6.07, 6.45) is 0. The van der Waals surface area contributed by atoms with Crippen LogP contribution < -0.4 is 5.56 Å². The minimum absolute atomic E-state index is 0. The van der Waals surface area contributed by atoms with Crippen molar-refractivity contribution in [3.05, 3.63) is 34.6 Å². The molecule has 58 valence electrons. The van der Waals surface area contributed by atoms with Crippen LogP contribution in [0.3, 0.4) is 0 Å². The maximum absolute atomic E-state index is 10.9. The topological polar surface area (TPSA) is 61.4 Å². The molecule has 2 aromatic rings. The molecular weight excluding hydrogens is 228 g/mol. The van der Waals surface area contributed by atoms with Crippen molar-refractivity contribution in [2.24, 2.45) is 0 Å². The molecule has 0 aliphatic heterocycles. The van der Waals surface area contributed by atoms with Crippen molar-refractivity contribution in [2.45, 2.75) is 0 Å². The quantitative estimate of drug-likeness (QED) is 0.687. The van der Waals surface area contributed by atoms with Gasteiger partial charge in [0.25, 0.3) is 5.56 Å². The van der Waals surface area contributed by atoms with Gasteiger partial charge in [-0.3, -0.25) is 9.17 Å². The zero-order valence-electron chi connectivity index (χ0n) is 6.24. The molecule has 1 aromatic heterocycles. The molecule has 0 aliphatic rings. The summed E-state index contributed by atoms with van der Waals surface area (Å²) in [6.45, 7) is 0. The second kappa shape index (κ2) is 4.50. The van der Waals surface area contributed by atoms with Gasteiger partial charge in [0.15, 0.2) is 0 Å². The van der Waals surface area contributed by atoms with Gasteiger partial charge in [-0.05, 0) is 12.1 Å². The average Bonchev–Trinajstić information content (AvgIpc) is 2.34. The number of hydrogen-bond donors (Lipinski definition) is 1. The van der Waals surface area contributed by atoms with Crippen molar-refractivity contribution in [3.8, 4) is 0 Å². The fourth-order valence-corrected chi connectivity index (χ4v) is 1.63. The van der Waals surface area contributed by atoms with Crippen molar-refractivity contribution in [3.63, 3.8) is 0 Å². The average molecular weight is 233 g/mol. The van der Waals surface area contributed by atoms with Gasteiger partial charge in [-0.25, -0.2) is 0 Å². The van der Waals surface area contributed by atoms with E-state index in [0.29, 0.717) is 0 Å². The summed E-state index contributed by atoms with van der Waals surface area (Å²) in [6, 6.07) is 7.54. The number of benzene rings is 1. The van der Waals surface area contributed by atoms with E-state index in [1.807, 2.05) is 24.3 Å². The van der Waals surface area contributed by atoms with Gasteiger partial charge in [0, 0.05) is 0 Å². The Morgan fingerprint density at radius 2 is 1.92 bits per heavy atom. The molecule has 0 unspecified atom stereocenters. The van der Waals surface area contributed by atoms with Crippen molar-refractivity contribution in [1.82, 2.24) is 4.37 Å². The first-order valence-electron chi connectivity index (χ1n) is 2.94. The molecule has 0 atom stereocenters. The van der Waals surface area contributed by atoms with E-state index in [1.165, 1.54) is 11.5 Å². The molecule has 0 aliphatic carbocycles. The maximum atomic E-state index is 10.9. The van der Waals surface area contributed by atoms with Crippen molar-refractivity contribution >= 4 is 21.6 Å². The van der Waals surface area contributed by atoms with E-state index in [2.05, 4.69) is 4.37 Å². The monoisotopic (exact) mass is 231 g/mol. The Bertz CT molecular complexity index is 409. The first-order valence-corrected chi connectivity index (χ1v) is 3.76. The molecule has 12 heavy (non-hydrogen) atoms. The van der Waals surface area contributed by atoms with Gasteiger partial charge in [0.2, 0.25) is 0 Å². The van der Waals surface area contributed by atoms with E-state index < -0.39 is 0 Å². The largest absolute Gasteiger partial charge is 2.00 e. The van der Waals surface area contributed by atoms with E-state index in [0.717, 1.165) is 10.1 Å². The molecule has 2 rings (SSSR count). The number of nitrogens with one attached hydrogen (secondary N) is 1. The zero-order chi connectivity index (χ0) is 6.97. The Morgan fingerprint density at radius 1 is 1.25 bits per heavy atom. The van der Waals surface area contributed by atoms with Gasteiger partial charge >= 0.3 is 19.5 Å². The molecule has 0 fully saturated rings. The Labute approximate surface area is 85.6 Å². The molecule has 0 spiro atoms. The minimum atomic E-state index is 0. The maximum Gasteiger partial charge on any atom is 2.00 e. The second-order valence-corrected chi connectivity index (χ2v) is 2.88. The second-order valence-electron chi connectivity index (χ2n) is 2.03. The molecule has 3 nitrogen and oxygen atoms in total. The minimum Gasteiger partial charge on any atom is -2.00 e. The van der Waals surface area contributed by atoms with Gasteiger partial charge in [-0.15, -0.1) is 0 Å². The number of fused-ring (bicyclic) bond motifs is 1. The molecular formula is C7H5NO2SZn. The van der Waals surface area contributed by atoms with Crippen LogP contribution in [0.1, 0.15) is 0 Å². The smallest absolute Gasteiger partial charge is 2.00 e. The van der Waals surface area contributed by atoms with E-state index >= 15 is 0 Å². The number of rotatable bonds is 0. The SMILES string of the molecule is O=c1[nH]sc2ccccc12.[O-2].[Zn+2]. The first-order chi connectivity index (χ1) is 4.88. The van der Waals surface area contributed by atoms with E-state index in [-0.39, 0.29) is 30.5 Å². The Hall–Kier alpha value is -0.507. The van der Waals surface area contributed by atoms with Gasteiger partial charge < -0.3 is 5.48 Å². The fraction of sp³-hybridized carbons (Fsp3) is 0.